The number of aromatic nitrogens is 2. The number of halogens is 2. The Bertz CT molecular complexity index is 736. The number of carbonyl (C=O) groups is 1. The van der Waals surface area contributed by atoms with Crippen LogP contribution >= 0.6 is 23.2 Å². The number of piperidine rings is 1. The van der Waals surface area contributed by atoms with E-state index in [1.807, 2.05) is 4.90 Å². The van der Waals surface area contributed by atoms with Crippen molar-refractivity contribution >= 4 is 40.6 Å². The zero-order valence-corrected chi connectivity index (χ0v) is 14.8. The molecule has 1 aromatic carbocycles. The minimum absolute atomic E-state index is 0.0682. The van der Waals surface area contributed by atoms with E-state index in [9.17, 15) is 4.79 Å². The summed E-state index contributed by atoms with van der Waals surface area (Å²) in [4.78, 5) is 14.3. The second kappa shape index (κ2) is 7.36. The van der Waals surface area contributed by atoms with Crippen molar-refractivity contribution in [3.05, 3.63) is 46.1 Å². The molecular formula is C17H18Cl2N4O. The molecule has 1 unspecified atom stereocenters. The first-order valence-corrected chi connectivity index (χ1v) is 8.63. The molecule has 1 aliphatic heterocycles. The molecular weight excluding hydrogens is 347 g/mol. The van der Waals surface area contributed by atoms with Gasteiger partial charge in [0.25, 0.3) is 5.91 Å². The van der Waals surface area contributed by atoms with Crippen LogP contribution in [0.1, 0.15) is 30.3 Å². The van der Waals surface area contributed by atoms with E-state index in [1.54, 1.807) is 30.3 Å². The number of hydrogen-bond donors (Lipinski definition) is 1. The molecule has 1 aliphatic rings. The van der Waals surface area contributed by atoms with Gasteiger partial charge in [0, 0.05) is 18.1 Å². The molecule has 1 aromatic heterocycles. The van der Waals surface area contributed by atoms with Gasteiger partial charge in [-0.05, 0) is 49.1 Å². The van der Waals surface area contributed by atoms with Crippen molar-refractivity contribution in [2.75, 3.05) is 18.4 Å². The van der Waals surface area contributed by atoms with Gasteiger partial charge in [0.15, 0.2) is 11.5 Å². The maximum absolute atomic E-state index is 12.5. The van der Waals surface area contributed by atoms with Gasteiger partial charge in [-0.15, -0.1) is 10.2 Å². The van der Waals surface area contributed by atoms with Crippen LogP contribution in [0.25, 0.3) is 0 Å². The van der Waals surface area contributed by atoms with Crippen LogP contribution in [0.4, 0.5) is 11.5 Å². The molecule has 1 amide bonds. The third kappa shape index (κ3) is 3.97. The van der Waals surface area contributed by atoms with Crippen molar-refractivity contribution in [1.82, 2.24) is 15.1 Å². The summed E-state index contributed by atoms with van der Waals surface area (Å²) in [6, 6.07) is 8.51. The lowest BCUT2D eigenvalue weighted by atomic mass is 10.00. The second-order valence-corrected chi connectivity index (χ2v) is 6.90. The predicted molar refractivity (Wildman–Crippen MR) is 96.1 cm³/mol. The summed E-state index contributed by atoms with van der Waals surface area (Å²) in [6.07, 6.45) is 2.20. The number of benzene rings is 1. The lowest BCUT2D eigenvalue weighted by Gasteiger charge is -2.30. The molecule has 3 rings (SSSR count). The predicted octanol–water partition coefficient (Wildman–Crippen LogP) is 4.40. The number of carbonyl (C=O) groups excluding carboxylic acids is 1. The van der Waals surface area contributed by atoms with Gasteiger partial charge in [-0.25, -0.2) is 0 Å². The zero-order chi connectivity index (χ0) is 17.1. The van der Waals surface area contributed by atoms with Crippen molar-refractivity contribution in [2.24, 2.45) is 5.92 Å². The van der Waals surface area contributed by atoms with Gasteiger partial charge in [-0.3, -0.25) is 4.79 Å². The first-order valence-electron chi connectivity index (χ1n) is 7.88. The number of amides is 1. The number of likely N-dealkylation sites (tertiary alicyclic amines) is 1. The van der Waals surface area contributed by atoms with Gasteiger partial charge in [-0.1, -0.05) is 30.1 Å². The van der Waals surface area contributed by atoms with Crippen LogP contribution in [-0.2, 0) is 0 Å². The molecule has 0 bridgehead atoms. The highest BCUT2D eigenvalue weighted by Gasteiger charge is 2.23. The summed E-state index contributed by atoms with van der Waals surface area (Å²) in [5, 5.41) is 12.3. The lowest BCUT2D eigenvalue weighted by molar-refractivity contribution is 0.0676. The molecule has 1 atom stereocenters. The molecule has 0 aliphatic carbocycles. The summed E-state index contributed by atoms with van der Waals surface area (Å²) >= 11 is 12.1. The fourth-order valence-corrected chi connectivity index (χ4v) is 3.12. The quantitative estimate of drug-likeness (QED) is 0.876. The van der Waals surface area contributed by atoms with Crippen LogP contribution in [0.15, 0.2) is 30.3 Å². The molecule has 0 spiro atoms. The van der Waals surface area contributed by atoms with Gasteiger partial charge < -0.3 is 10.2 Å². The Labute approximate surface area is 151 Å². The molecule has 2 aromatic rings. The highest BCUT2D eigenvalue weighted by molar-refractivity contribution is 6.35. The Morgan fingerprint density at radius 1 is 1.25 bits per heavy atom. The molecule has 126 valence electrons. The van der Waals surface area contributed by atoms with Crippen LogP contribution in [0.3, 0.4) is 0 Å². The molecule has 24 heavy (non-hydrogen) atoms. The monoisotopic (exact) mass is 364 g/mol. The fourth-order valence-electron chi connectivity index (χ4n) is 2.78. The highest BCUT2D eigenvalue weighted by Crippen LogP contribution is 2.27. The Morgan fingerprint density at radius 2 is 2.08 bits per heavy atom. The van der Waals surface area contributed by atoms with E-state index in [1.165, 1.54) is 6.42 Å². The standard InChI is InChI=1S/C17H18Cl2N4O/c1-11-3-2-8-23(10-11)17(24)14-6-7-16(22-21-14)20-15-9-12(18)4-5-13(15)19/h4-7,9,11H,2-3,8,10H2,1H3,(H,20,22). The third-order valence-electron chi connectivity index (χ3n) is 4.02. The van der Waals surface area contributed by atoms with E-state index in [0.29, 0.717) is 33.2 Å². The van der Waals surface area contributed by atoms with E-state index < -0.39 is 0 Å². The molecule has 1 saturated heterocycles. The summed E-state index contributed by atoms with van der Waals surface area (Å²) in [5.41, 5.74) is 0.995. The smallest absolute Gasteiger partial charge is 0.274 e. The van der Waals surface area contributed by atoms with Crippen molar-refractivity contribution in [3.63, 3.8) is 0 Å². The molecule has 0 saturated carbocycles. The third-order valence-corrected chi connectivity index (χ3v) is 4.58. The molecule has 2 heterocycles. The average molecular weight is 365 g/mol. The zero-order valence-electron chi connectivity index (χ0n) is 13.3. The van der Waals surface area contributed by atoms with Crippen molar-refractivity contribution in [2.45, 2.75) is 19.8 Å². The van der Waals surface area contributed by atoms with Crippen LogP contribution in [-0.4, -0.2) is 34.1 Å². The van der Waals surface area contributed by atoms with Gasteiger partial charge in [0.05, 0.1) is 10.7 Å². The molecule has 0 radical (unpaired) electrons. The van der Waals surface area contributed by atoms with Crippen LogP contribution < -0.4 is 5.32 Å². The first kappa shape index (κ1) is 17.0. The summed E-state index contributed by atoms with van der Waals surface area (Å²) in [5.74, 6) is 0.964. The largest absolute Gasteiger partial charge is 0.337 e. The minimum Gasteiger partial charge on any atom is -0.337 e. The first-order chi connectivity index (χ1) is 11.5. The Balaban J connectivity index is 1.71. The SMILES string of the molecule is CC1CCCN(C(=O)c2ccc(Nc3cc(Cl)ccc3Cl)nn2)C1. The molecule has 7 heteroatoms. The van der Waals surface area contributed by atoms with E-state index in [2.05, 4.69) is 22.4 Å². The molecule has 5 nitrogen and oxygen atoms in total. The molecule has 1 fully saturated rings. The number of anilines is 2. The highest BCUT2D eigenvalue weighted by atomic mass is 35.5. The van der Waals surface area contributed by atoms with Crippen LogP contribution in [0.5, 0.6) is 0 Å². The van der Waals surface area contributed by atoms with Gasteiger partial charge >= 0.3 is 0 Å². The number of nitrogens with zero attached hydrogens (tertiary/aromatic N) is 3. The molecule has 1 N–H and O–H groups in total. The lowest BCUT2D eigenvalue weighted by Crippen LogP contribution is -2.39. The summed E-state index contributed by atoms with van der Waals surface area (Å²) in [7, 11) is 0. The van der Waals surface area contributed by atoms with Crippen molar-refractivity contribution in [3.8, 4) is 0 Å². The number of rotatable bonds is 3. The van der Waals surface area contributed by atoms with Crippen molar-refractivity contribution in [1.29, 1.82) is 0 Å². The summed E-state index contributed by atoms with van der Waals surface area (Å²) < 4.78 is 0. The maximum Gasteiger partial charge on any atom is 0.274 e. The Hall–Kier alpha value is -1.85. The number of nitrogens with one attached hydrogen (secondary N) is 1. The van der Waals surface area contributed by atoms with Gasteiger partial charge in [-0.2, -0.15) is 0 Å². The normalized spacial score (nSPS) is 17.6. The van der Waals surface area contributed by atoms with Crippen LogP contribution in [0, 0.1) is 5.92 Å². The minimum atomic E-state index is -0.0682. The van der Waals surface area contributed by atoms with E-state index in [4.69, 9.17) is 23.2 Å². The van der Waals surface area contributed by atoms with E-state index >= 15 is 0 Å². The summed E-state index contributed by atoms with van der Waals surface area (Å²) in [6.45, 7) is 3.72. The van der Waals surface area contributed by atoms with E-state index in [0.717, 1.165) is 19.5 Å². The number of hydrogen-bond acceptors (Lipinski definition) is 4. The van der Waals surface area contributed by atoms with Gasteiger partial charge in [0.1, 0.15) is 0 Å². The van der Waals surface area contributed by atoms with E-state index in [-0.39, 0.29) is 5.91 Å². The topological polar surface area (TPSA) is 58.1 Å². The fraction of sp³-hybridized carbons (Fsp3) is 0.353. The Kier molecular flexibility index (Phi) is 5.21. The van der Waals surface area contributed by atoms with Gasteiger partial charge in [0.2, 0.25) is 0 Å². The second-order valence-electron chi connectivity index (χ2n) is 6.05. The Morgan fingerprint density at radius 3 is 2.79 bits per heavy atom. The maximum atomic E-state index is 12.5. The average Bonchev–Trinajstić information content (AvgIpc) is 2.58. The van der Waals surface area contributed by atoms with Crippen LogP contribution in [0.2, 0.25) is 10.0 Å². The van der Waals surface area contributed by atoms with Crippen molar-refractivity contribution < 1.29 is 4.79 Å².